The number of allylic oxidation sites excluding steroid dienone is 1. The van der Waals surface area contributed by atoms with Gasteiger partial charge in [-0.25, -0.2) is 0 Å². The van der Waals surface area contributed by atoms with Crippen LogP contribution in [0.25, 0.3) is 0 Å². The molecule has 0 saturated carbocycles. The highest BCUT2D eigenvalue weighted by molar-refractivity contribution is 5.17. The van der Waals surface area contributed by atoms with Crippen LogP contribution in [0.2, 0.25) is 0 Å². The molecule has 4 fully saturated rings. The number of fused-ring (bicyclic) bond motifs is 2. The largest absolute Gasteiger partial charge is 0.385 e. The van der Waals surface area contributed by atoms with Gasteiger partial charge in [0, 0.05) is 5.56 Å². The molecule has 0 aliphatic carbocycles. The van der Waals surface area contributed by atoms with E-state index >= 15 is 0 Å². The zero-order chi connectivity index (χ0) is 35.1. The summed E-state index contributed by atoms with van der Waals surface area (Å²) < 4.78 is 58.5. The molecule has 2 aromatic rings. The molecule has 0 spiro atoms. The molecule has 0 unspecified atom stereocenters. The van der Waals surface area contributed by atoms with Crippen molar-refractivity contribution in [1.82, 2.24) is 0 Å². The number of hydrogen-bond donors (Lipinski definition) is 1. The molecule has 0 radical (unpaired) electrons. The monoisotopic (exact) mass is 696 g/mol. The zero-order valence-electron chi connectivity index (χ0n) is 30.0. The minimum absolute atomic E-state index is 0.0460. The number of ether oxygens (including phenoxy) is 9. The predicted molar refractivity (Wildman–Crippen MR) is 186 cm³/mol. The maximum atomic E-state index is 12.0. The fourth-order valence-electron chi connectivity index (χ4n) is 7.36. The van der Waals surface area contributed by atoms with Crippen LogP contribution >= 0.6 is 0 Å². The molecule has 4 heterocycles. The van der Waals surface area contributed by atoms with Crippen molar-refractivity contribution >= 4 is 0 Å². The van der Waals surface area contributed by atoms with Crippen LogP contribution in [0.5, 0.6) is 0 Å². The summed E-state index contributed by atoms with van der Waals surface area (Å²) in [5.74, 6) is -0.857. The molecule has 0 amide bonds. The Kier molecular flexibility index (Phi) is 13.2. The van der Waals surface area contributed by atoms with E-state index in [1.54, 1.807) is 0 Å². The third-order valence-corrected chi connectivity index (χ3v) is 9.91. The van der Waals surface area contributed by atoms with Crippen LogP contribution in [0.3, 0.4) is 0 Å². The van der Waals surface area contributed by atoms with E-state index in [-0.39, 0.29) is 25.4 Å². The lowest BCUT2D eigenvalue weighted by Crippen LogP contribution is -2.65. The van der Waals surface area contributed by atoms with Crippen molar-refractivity contribution in [2.75, 3.05) is 6.61 Å². The molecular formula is C40H56O10. The van der Waals surface area contributed by atoms with Crippen molar-refractivity contribution in [1.29, 1.82) is 0 Å². The lowest BCUT2D eigenvalue weighted by molar-refractivity contribution is -0.391. The lowest BCUT2D eigenvalue weighted by Gasteiger charge is -2.49. The van der Waals surface area contributed by atoms with Gasteiger partial charge in [0.25, 0.3) is 0 Å². The highest BCUT2D eigenvalue weighted by Gasteiger charge is 2.58. The fraction of sp³-hybridized carbons (Fsp3) is 0.650. The van der Waals surface area contributed by atoms with E-state index in [1.807, 2.05) is 87.5 Å². The van der Waals surface area contributed by atoms with Crippen molar-refractivity contribution in [3.63, 3.8) is 0 Å². The van der Waals surface area contributed by atoms with Gasteiger partial charge >= 0.3 is 0 Å². The molecule has 10 nitrogen and oxygen atoms in total. The summed E-state index contributed by atoms with van der Waals surface area (Å²) in [5.41, 5.74) is 1.85. The molecule has 2 aromatic carbocycles. The zero-order valence-corrected chi connectivity index (χ0v) is 30.0. The van der Waals surface area contributed by atoms with Gasteiger partial charge in [-0.1, -0.05) is 92.9 Å². The average molecular weight is 697 g/mol. The number of benzene rings is 2. The van der Waals surface area contributed by atoms with Gasteiger partial charge in [-0.2, -0.15) is 0 Å². The van der Waals surface area contributed by atoms with Crippen molar-refractivity contribution < 1.29 is 47.7 Å². The van der Waals surface area contributed by atoms with E-state index in [0.717, 1.165) is 56.1 Å². The van der Waals surface area contributed by atoms with E-state index in [1.165, 1.54) is 0 Å². The number of aliphatic hydroxyl groups excluding tert-OH is 1. The Morgan fingerprint density at radius 1 is 0.880 bits per heavy atom. The normalized spacial score (nSPS) is 35.6. The number of hydrogen-bond acceptors (Lipinski definition) is 10. The third-order valence-electron chi connectivity index (χ3n) is 9.91. The quantitative estimate of drug-likeness (QED) is 0.150. The van der Waals surface area contributed by atoms with Crippen molar-refractivity contribution in [3.8, 4) is 0 Å². The highest BCUT2D eigenvalue weighted by atomic mass is 16.8. The number of unbranched alkanes of at least 4 members (excludes halogenated alkanes) is 3. The Morgan fingerprint density at radius 3 is 2.34 bits per heavy atom. The predicted octanol–water partition coefficient (Wildman–Crippen LogP) is 6.74. The van der Waals surface area contributed by atoms with E-state index < -0.39 is 67.4 Å². The third kappa shape index (κ3) is 9.22. The fourth-order valence-corrected chi connectivity index (χ4v) is 7.36. The Bertz CT molecular complexity index is 1310. The molecule has 4 aliphatic heterocycles. The second kappa shape index (κ2) is 17.5. The second-order valence-electron chi connectivity index (χ2n) is 14.3. The maximum absolute atomic E-state index is 12.0. The summed E-state index contributed by atoms with van der Waals surface area (Å²) >= 11 is 0. The summed E-state index contributed by atoms with van der Waals surface area (Å²) in [5, 5.41) is 12.0. The molecule has 276 valence electrons. The van der Waals surface area contributed by atoms with E-state index in [9.17, 15) is 5.11 Å². The summed E-state index contributed by atoms with van der Waals surface area (Å²) in [4.78, 5) is 0. The summed E-state index contributed by atoms with van der Waals surface area (Å²) in [6.45, 7) is 12.3. The van der Waals surface area contributed by atoms with E-state index in [2.05, 4.69) is 13.5 Å². The number of rotatable bonds is 16. The van der Waals surface area contributed by atoms with Crippen LogP contribution in [-0.4, -0.2) is 85.0 Å². The topological polar surface area (TPSA) is 103 Å². The minimum atomic E-state index is -1.21. The Hall–Kier alpha value is -2.22. The first-order valence-electron chi connectivity index (χ1n) is 18.5. The average Bonchev–Trinajstić information content (AvgIpc) is 3.46. The van der Waals surface area contributed by atoms with Gasteiger partial charge in [0.05, 0.1) is 25.4 Å². The second-order valence-corrected chi connectivity index (χ2v) is 14.3. The first-order chi connectivity index (χ1) is 24.3. The van der Waals surface area contributed by atoms with Crippen LogP contribution < -0.4 is 0 Å². The van der Waals surface area contributed by atoms with Gasteiger partial charge in [-0.05, 0) is 52.0 Å². The highest BCUT2D eigenvalue weighted by Crippen LogP contribution is 2.42. The first-order valence-corrected chi connectivity index (χ1v) is 18.5. The minimum Gasteiger partial charge on any atom is -0.385 e. The van der Waals surface area contributed by atoms with Gasteiger partial charge < -0.3 is 47.7 Å². The molecule has 12 atom stereocenters. The molecule has 0 aromatic heterocycles. The van der Waals surface area contributed by atoms with Gasteiger partial charge in [-0.3, -0.25) is 0 Å². The Labute approximate surface area is 297 Å². The standard InChI is InChI=1S/C40H56O10/c1-6-8-12-22-29(23-13-9-7-2)45-39-36(35-32(26(3)44-39)49-40(4,5)50-35)48-38-31(41)34(42-24-27-18-14-10-15-19-27)33-30(46-38)25-43-37(47-33)28-20-16-11-17-21-28/h6,10-11,14-21,26,29-39,41H,1,7-9,12-13,22-25H2,2-5H3/t26-,29-,30-,31-,32+,33-,34-,35+,36-,37-,38+,39+/m1/s1. The Morgan fingerprint density at radius 2 is 1.60 bits per heavy atom. The van der Waals surface area contributed by atoms with Gasteiger partial charge in [0.1, 0.15) is 42.7 Å². The molecule has 10 heteroatoms. The van der Waals surface area contributed by atoms with Gasteiger partial charge in [0.2, 0.25) is 0 Å². The number of aliphatic hydroxyl groups is 1. The van der Waals surface area contributed by atoms with Crippen molar-refractivity contribution in [2.45, 2.75) is 159 Å². The van der Waals surface area contributed by atoms with Crippen molar-refractivity contribution in [3.05, 3.63) is 84.4 Å². The molecule has 50 heavy (non-hydrogen) atoms. The molecule has 6 rings (SSSR count). The van der Waals surface area contributed by atoms with Crippen molar-refractivity contribution in [2.24, 2.45) is 0 Å². The molecule has 4 saturated heterocycles. The smallest absolute Gasteiger partial charge is 0.187 e. The van der Waals surface area contributed by atoms with Crippen LogP contribution in [-0.2, 0) is 49.2 Å². The summed E-state index contributed by atoms with van der Waals surface area (Å²) in [6, 6.07) is 19.6. The Balaban J connectivity index is 1.24. The summed E-state index contributed by atoms with van der Waals surface area (Å²) in [6.07, 6.45) is 1.14. The van der Waals surface area contributed by atoms with E-state index in [0.29, 0.717) is 0 Å². The maximum Gasteiger partial charge on any atom is 0.187 e. The first kappa shape index (κ1) is 37.5. The molecule has 4 aliphatic rings. The molecule has 1 N–H and O–H groups in total. The van der Waals surface area contributed by atoms with E-state index in [4.69, 9.17) is 42.6 Å². The lowest BCUT2D eigenvalue weighted by atomic mass is 9.96. The van der Waals surface area contributed by atoms with Crippen LogP contribution in [0.4, 0.5) is 0 Å². The molecular weight excluding hydrogens is 640 g/mol. The SMILES string of the molecule is C=CCCC[C@H](CCCCC)O[C@@H]1O[C@H](C)[C@@H]2OC(C)(C)O[C@@H]2[C@H]1O[C@@H]1O[C@@H]2CO[C@@H](c3ccccc3)O[C@H]2[C@H](OCc2ccccc2)[C@H]1O. The molecule has 0 bridgehead atoms. The van der Waals surface area contributed by atoms with Gasteiger partial charge in [0.15, 0.2) is 24.7 Å². The van der Waals surface area contributed by atoms with Crippen LogP contribution in [0.1, 0.15) is 90.1 Å². The summed E-state index contributed by atoms with van der Waals surface area (Å²) in [7, 11) is 0. The van der Waals surface area contributed by atoms with Crippen LogP contribution in [0.15, 0.2) is 73.3 Å². The van der Waals surface area contributed by atoms with Gasteiger partial charge in [-0.15, -0.1) is 6.58 Å². The van der Waals surface area contributed by atoms with Crippen LogP contribution in [0, 0.1) is 0 Å².